The molecule has 2 heterocycles. The summed E-state index contributed by atoms with van der Waals surface area (Å²) in [5.41, 5.74) is 3.61. The zero-order valence-electron chi connectivity index (χ0n) is 19.2. The Labute approximate surface area is 193 Å². The van der Waals surface area contributed by atoms with Crippen LogP contribution < -0.4 is 9.64 Å². The Morgan fingerprint density at radius 2 is 1.39 bits per heavy atom. The molecule has 1 saturated carbocycles. The Kier molecular flexibility index (Phi) is 6.02. The summed E-state index contributed by atoms with van der Waals surface area (Å²) < 4.78 is 18.8. The second-order valence-corrected chi connectivity index (χ2v) is 8.99. The summed E-state index contributed by atoms with van der Waals surface area (Å²) in [5, 5.41) is 0. The lowest BCUT2D eigenvalue weighted by Crippen LogP contribution is -2.34. The number of aryl methyl sites for hydroxylation is 2. The number of halogens is 1. The van der Waals surface area contributed by atoms with E-state index in [-0.39, 0.29) is 29.6 Å². The van der Waals surface area contributed by atoms with Gasteiger partial charge in [0.2, 0.25) is 17.7 Å². The van der Waals surface area contributed by atoms with E-state index in [1.165, 1.54) is 18.7 Å². The van der Waals surface area contributed by atoms with E-state index in [0.717, 1.165) is 16.7 Å². The van der Waals surface area contributed by atoms with Crippen LogP contribution in [0.4, 0.5) is 10.1 Å². The molecule has 0 N–H and O–H groups in total. The molecule has 2 fully saturated rings. The van der Waals surface area contributed by atoms with Gasteiger partial charge in [-0.3, -0.25) is 14.6 Å². The third kappa shape index (κ3) is 4.95. The van der Waals surface area contributed by atoms with Gasteiger partial charge in [-0.15, -0.1) is 0 Å². The fourth-order valence-corrected chi connectivity index (χ4v) is 4.43. The molecule has 33 heavy (non-hydrogen) atoms. The molecule has 2 atom stereocenters. The maximum absolute atomic E-state index is 13.6. The predicted molar refractivity (Wildman–Crippen MR) is 125 cm³/mol. The zero-order valence-corrected chi connectivity index (χ0v) is 19.2. The standard InChI is InChI=1S/C22H22FNO3.C5H5N/c1-12-9-13(2)11-15(10-12)24-20(25)18-17(19(18)21(24)26)14-5-7-16(8-6-14)27-22(3,4)23;1-2-4-6-5-3-1/h5-11,17-19H,1-4H3;1-5H. The van der Waals surface area contributed by atoms with Crippen LogP contribution in [0.2, 0.25) is 0 Å². The lowest BCUT2D eigenvalue weighted by molar-refractivity contribution is -0.123. The van der Waals surface area contributed by atoms with Crippen LogP contribution in [0.5, 0.6) is 5.75 Å². The SMILES string of the molecule is Cc1cc(C)cc(N2C(=O)C3C(C2=O)C3c2ccc(OC(C)(C)F)cc2)c1.c1ccncc1. The highest BCUT2D eigenvalue weighted by atomic mass is 19.2. The molecule has 1 aromatic heterocycles. The van der Waals surface area contributed by atoms with Crippen molar-refractivity contribution in [3.05, 3.63) is 89.7 Å². The Bertz CT molecular complexity index is 1090. The van der Waals surface area contributed by atoms with Crippen molar-refractivity contribution in [1.82, 2.24) is 4.98 Å². The molecule has 0 spiro atoms. The molecule has 170 valence electrons. The van der Waals surface area contributed by atoms with Crippen molar-refractivity contribution < 1.29 is 18.7 Å². The smallest absolute Gasteiger partial charge is 0.242 e. The lowest BCUT2D eigenvalue weighted by Gasteiger charge is -2.20. The van der Waals surface area contributed by atoms with E-state index in [9.17, 15) is 14.0 Å². The van der Waals surface area contributed by atoms with E-state index in [2.05, 4.69) is 4.98 Å². The number of carbonyl (C=O) groups is 2. The van der Waals surface area contributed by atoms with Crippen LogP contribution in [0.15, 0.2) is 73.1 Å². The van der Waals surface area contributed by atoms with Gasteiger partial charge in [-0.25, -0.2) is 4.90 Å². The number of amides is 2. The number of pyridine rings is 1. The van der Waals surface area contributed by atoms with E-state index >= 15 is 0 Å². The first-order chi connectivity index (χ1) is 15.7. The maximum atomic E-state index is 13.6. The van der Waals surface area contributed by atoms with Crippen molar-refractivity contribution in [2.24, 2.45) is 11.8 Å². The van der Waals surface area contributed by atoms with Gasteiger partial charge in [0.25, 0.3) is 0 Å². The first-order valence-corrected chi connectivity index (χ1v) is 10.9. The molecule has 2 amide bonds. The van der Waals surface area contributed by atoms with Crippen LogP contribution in [-0.4, -0.2) is 22.7 Å². The quantitative estimate of drug-likeness (QED) is 0.506. The largest absolute Gasteiger partial charge is 0.459 e. The van der Waals surface area contributed by atoms with Gasteiger partial charge in [-0.1, -0.05) is 24.3 Å². The predicted octanol–water partition coefficient (Wildman–Crippen LogP) is 5.37. The normalized spacial score (nSPS) is 21.2. The summed E-state index contributed by atoms with van der Waals surface area (Å²) in [6.07, 6.45) is 3.50. The van der Waals surface area contributed by atoms with Crippen LogP contribution in [0.3, 0.4) is 0 Å². The number of anilines is 1. The molecular formula is C27H27FN2O3. The summed E-state index contributed by atoms with van der Waals surface area (Å²) in [7, 11) is 0. The Balaban J connectivity index is 0.000000376. The maximum Gasteiger partial charge on any atom is 0.242 e. The first-order valence-electron chi connectivity index (χ1n) is 10.9. The lowest BCUT2D eigenvalue weighted by atomic mass is 10.1. The fraction of sp³-hybridized carbons (Fsp3) is 0.296. The minimum absolute atomic E-state index is 0.0976. The van der Waals surface area contributed by atoms with Crippen molar-refractivity contribution in [3.8, 4) is 5.75 Å². The van der Waals surface area contributed by atoms with Gasteiger partial charge in [-0.05, 0) is 66.9 Å². The van der Waals surface area contributed by atoms with E-state index in [0.29, 0.717) is 11.4 Å². The van der Waals surface area contributed by atoms with Gasteiger partial charge >= 0.3 is 0 Å². The van der Waals surface area contributed by atoms with Crippen LogP contribution in [-0.2, 0) is 9.59 Å². The van der Waals surface area contributed by atoms with Crippen LogP contribution in [0.25, 0.3) is 0 Å². The second kappa shape index (κ2) is 8.77. The molecule has 5 rings (SSSR count). The van der Waals surface area contributed by atoms with Crippen molar-refractivity contribution >= 4 is 17.5 Å². The van der Waals surface area contributed by atoms with E-state index in [1.807, 2.05) is 62.4 Å². The van der Waals surface area contributed by atoms with Crippen molar-refractivity contribution in [3.63, 3.8) is 0 Å². The van der Waals surface area contributed by atoms with Gasteiger partial charge in [0.05, 0.1) is 17.5 Å². The molecule has 2 aliphatic rings. The molecular weight excluding hydrogens is 419 g/mol. The van der Waals surface area contributed by atoms with Crippen LogP contribution in [0, 0.1) is 25.7 Å². The molecule has 1 aliphatic heterocycles. The number of hydrogen-bond acceptors (Lipinski definition) is 4. The third-order valence-electron chi connectivity index (χ3n) is 5.69. The number of imide groups is 1. The van der Waals surface area contributed by atoms with Gasteiger partial charge in [-0.2, -0.15) is 4.39 Å². The number of aromatic nitrogens is 1. The molecule has 6 heteroatoms. The fourth-order valence-electron chi connectivity index (χ4n) is 4.43. The van der Waals surface area contributed by atoms with Crippen molar-refractivity contribution in [2.45, 2.75) is 39.5 Å². The van der Waals surface area contributed by atoms with Crippen molar-refractivity contribution in [1.29, 1.82) is 0 Å². The number of nitrogens with zero attached hydrogens (tertiary/aromatic N) is 2. The van der Waals surface area contributed by atoms with E-state index in [1.54, 1.807) is 24.5 Å². The molecule has 0 bridgehead atoms. The minimum atomic E-state index is -1.75. The average molecular weight is 447 g/mol. The summed E-state index contributed by atoms with van der Waals surface area (Å²) in [5.74, 6) is -2.30. The molecule has 1 saturated heterocycles. The van der Waals surface area contributed by atoms with Gasteiger partial charge in [0.1, 0.15) is 5.75 Å². The molecule has 2 aromatic carbocycles. The molecule has 0 radical (unpaired) electrons. The number of piperidine rings is 1. The highest BCUT2D eigenvalue weighted by Gasteiger charge is 2.67. The second-order valence-electron chi connectivity index (χ2n) is 8.99. The van der Waals surface area contributed by atoms with Crippen LogP contribution >= 0.6 is 0 Å². The first kappa shape index (κ1) is 22.6. The number of benzene rings is 2. The Hall–Kier alpha value is -3.54. The number of rotatable bonds is 4. The van der Waals surface area contributed by atoms with Crippen LogP contribution in [0.1, 0.15) is 36.5 Å². The van der Waals surface area contributed by atoms with Crippen molar-refractivity contribution in [2.75, 3.05) is 4.90 Å². The number of fused-ring (bicyclic) bond motifs is 1. The third-order valence-corrected chi connectivity index (χ3v) is 5.69. The monoisotopic (exact) mass is 446 g/mol. The highest BCUT2D eigenvalue weighted by Crippen LogP contribution is 2.60. The number of hydrogen-bond donors (Lipinski definition) is 0. The average Bonchev–Trinajstić information content (AvgIpc) is 3.44. The molecule has 5 nitrogen and oxygen atoms in total. The topological polar surface area (TPSA) is 59.5 Å². The minimum Gasteiger partial charge on any atom is -0.459 e. The Morgan fingerprint density at radius 1 is 0.848 bits per heavy atom. The van der Waals surface area contributed by atoms with Gasteiger partial charge < -0.3 is 4.74 Å². The van der Waals surface area contributed by atoms with E-state index in [4.69, 9.17) is 4.74 Å². The summed E-state index contributed by atoms with van der Waals surface area (Å²) in [6, 6.07) is 18.5. The van der Waals surface area contributed by atoms with Gasteiger partial charge in [0.15, 0.2) is 0 Å². The summed E-state index contributed by atoms with van der Waals surface area (Å²) >= 11 is 0. The molecule has 1 aliphatic carbocycles. The summed E-state index contributed by atoms with van der Waals surface area (Å²) in [6.45, 7) is 6.58. The summed E-state index contributed by atoms with van der Waals surface area (Å²) in [4.78, 5) is 30.8. The zero-order chi connectivity index (χ0) is 23.8. The highest BCUT2D eigenvalue weighted by molar-refractivity contribution is 6.25. The molecule has 2 unspecified atom stereocenters. The van der Waals surface area contributed by atoms with E-state index < -0.39 is 5.85 Å². The number of alkyl halides is 1. The van der Waals surface area contributed by atoms with Gasteiger partial charge in [0, 0.05) is 32.2 Å². The number of carbonyl (C=O) groups excluding carboxylic acids is 2. The Morgan fingerprint density at radius 3 is 1.82 bits per heavy atom. The number of ether oxygens (including phenoxy) is 1. The molecule has 3 aromatic rings.